The molecular weight excluding hydrogens is 376 g/mol. The number of piperidine rings is 1. The Morgan fingerprint density at radius 3 is 2.60 bits per heavy atom. The van der Waals surface area contributed by atoms with Crippen molar-refractivity contribution in [1.29, 1.82) is 0 Å². The average Bonchev–Trinajstić information content (AvgIpc) is 3.21. The van der Waals surface area contributed by atoms with Gasteiger partial charge in [0, 0.05) is 29.2 Å². The summed E-state index contributed by atoms with van der Waals surface area (Å²) in [5.41, 5.74) is 9.34. The van der Waals surface area contributed by atoms with Gasteiger partial charge in [0.15, 0.2) is 0 Å². The quantitative estimate of drug-likeness (QED) is 0.589. The number of nitrogens with one attached hydrogen (secondary N) is 2. The van der Waals surface area contributed by atoms with Gasteiger partial charge in [0.2, 0.25) is 11.8 Å². The molecule has 0 bridgehead atoms. The van der Waals surface area contributed by atoms with Crippen molar-refractivity contribution in [1.82, 2.24) is 15.2 Å². The van der Waals surface area contributed by atoms with Crippen molar-refractivity contribution in [2.24, 2.45) is 5.73 Å². The van der Waals surface area contributed by atoms with Gasteiger partial charge in [-0.3, -0.25) is 14.5 Å². The zero-order valence-electron chi connectivity index (χ0n) is 17.2. The van der Waals surface area contributed by atoms with E-state index in [0.29, 0.717) is 18.0 Å². The van der Waals surface area contributed by atoms with Crippen LogP contribution in [0.2, 0.25) is 0 Å². The molecule has 1 fully saturated rings. The van der Waals surface area contributed by atoms with E-state index in [9.17, 15) is 9.59 Å². The highest BCUT2D eigenvalue weighted by Gasteiger charge is 2.28. The Labute approximate surface area is 176 Å². The van der Waals surface area contributed by atoms with Gasteiger partial charge in [-0.2, -0.15) is 0 Å². The molecular formula is C24H28N4O2. The lowest BCUT2D eigenvalue weighted by atomic mass is 9.88. The number of benzene rings is 2. The monoisotopic (exact) mass is 404 g/mol. The molecule has 6 heteroatoms. The first kappa shape index (κ1) is 20.2. The molecule has 2 heterocycles. The van der Waals surface area contributed by atoms with Gasteiger partial charge < -0.3 is 16.0 Å². The maximum atomic E-state index is 12.6. The lowest BCUT2D eigenvalue weighted by Gasteiger charge is -2.35. The first-order chi connectivity index (χ1) is 14.5. The van der Waals surface area contributed by atoms with Crippen molar-refractivity contribution in [3.8, 4) is 0 Å². The summed E-state index contributed by atoms with van der Waals surface area (Å²) in [6, 6.07) is 15.4. The van der Waals surface area contributed by atoms with Crippen LogP contribution in [0.1, 0.15) is 47.2 Å². The number of nitrogens with zero attached hydrogens (tertiary/aromatic N) is 1. The molecule has 6 nitrogen and oxygen atoms in total. The Morgan fingerprint density at radius 1 is 1.17 bits per heavy atom. The Kier molecular flexibility index (Phi) is 5.86. The van der Waals surface area contributed by atoms with Crippen LogP contribution in [-0.4, -0.2) is 40.8 Å². The fraction of sp³-hybridized carbons (Fsp3) is 0.333. The van der Waals surface area contributed by atoms with E-state index in [0.717, 1.165) is 42.4 Å². The van der Waals surface area contributed by atoms with Crippen molar-refractivity contribution < 1.29 is 9.59 Å². The van der Waals surface area contributed by atoms with Crippen LogP contribution in [-0.2, 0) is 11.3 Å². The van der Waals surface area contributed by atoms with Gasteiger partial charge in [-0.05, 0) is 68.1 Å². The normalized spacial score (nSPS) is 16.4. The second-order valence-corrected chi connectivity index (χ2v) is 8.06. The fourth-order valence-electron chi connectivity index (χ4n) is 4.33. The van der Waals surface area contributed by atoms with Gasteiger partial charge in [0.1, 0.15) is 0 Å². The number of carbonyl (C=O) groups is 2. The van der Waals surface area contributed by atoms with E-state index in [-0.39, 0.29) is 11.9 Å². The minimum atomic E-state index is -0.408. The molecule has 1 saturated heterocycles. The SMILES string of the molecule is CC(C(=O)NCc1ccccc1)N1CCC(c2c[nH]c3ccc(C(N)=O)cc23)CC1. The molecule has 0 aliphatic carbocycles. The smallest absolute Gasteiger partial charge is 0.248 e. The Bertz CT molecular complexity index is 1040. The van der Waals surface area contributed by atoms with Gasteiger partial charge in [-0.15, -0.1) is 0 Å². The van der Waals surface area contributed by atoms with Crippen molar-refractivity contribution in [2.75, 3.05) is 13.1 Å². The number of primary amides is 1. The van der Waals surface area contributed by atoms with Gasteiger partial charge >= 0.3 is 0 Å². The second kappa shape index (κ2) is 8.71. The molecule has 0 spiro atoms. The Balaban J connectivity index is 1.36. The van der Waals surface area contributed by atoms with E-state index in [2.05, 4.69) is 15.2 Å². The van der Waals surface area contributed by atoms with Gasteiger partial charge in [0.05, 0.1) is 6.04 Å². The summed E-state index contributed by atoms with van der Waals surface area (Å²) in [5, 5.41) is 4.11. The summed E-state index contributed by atoms with van der Waals surface area (Å²) in [4.78, 5) is 29.7. The zero-order valence-corrected chi connectivity index (χ0v) is 17.2. The van der Waals surface area contributed by atoms with Crippen molar-refractivity contribution in [3.63, 3.8) is 0 Å². The van der Waals surface area contributed by atoms with Crippen LogP contribution in [0.15, 0.2) is 54.7 Å². The van der Waals surface area contributed by atoms with E-state index >= 15 is 0 Å². The summed E-state index contributed by atoms with van der Waals surface area (Å²) < 4.78 is 0. The molecule has 0 radical (unpaired) electrons. The van der Waals surface area contributed by atoms with Crippen molar-refractivity contribution in [2.45, 2.75) is 38.3 Å². The maximum absolute atomic E-state index is 12.6. The number of likely N-dealkylation sites (tertiary alicyclic amines) is 1. The maximum Gasteiger partial charge on any atom is 0.248 e. The van der Waals surface area contributed by atoms with Crippen molar-refractivity contribution in [3.05, 3.63) is 71.4 Å². The molecule has 30 heavy (non-hydrogen) atoms. The molecule has 2 aromatic carbocycles. The molecule has 1 aromatic heterocycles. The lowest BCUT2D eigenvalue weighted by molar-refractivity contribution is -0.126. The summed E-state index contributed by atoms with van der Waals surface area (Å²) in [5.74, 6) is 0.0578. The molecule has 1 atom stereocenters. The standard InChI is InChI=1S/C24H28N4O2/c1-16(24(30)27-14-17-5-3-2-4-6-17)28-11-9-18(10-12-28)21-15-26-22-8-7-19(23(25)29)13-20(21)22/h2-8,13,15-16,18,26H,9-12,14H2,1H3,(H2,25,29)(H,27,30). The topological polar surface area (TPSA) is 91.2 Å². The van der Waals surface area contributed by atoms with Crippen molar-refractivity contribution >= 4 is 22.7 Å². The number of fused-ring (bicyclic) bond motifs is 1. The third kappa shape index (κ3) is 4.24. The Hall–Kier alpha value is -3.12. The summed E-state index contributed by atoms with van der Waals surface area (Å²) >= 11 is 0. The molecule has 0 saturated carbocycles. The number of amides is 2. The van der Waals surface area contributed by atoms with Gasteiger partial charge in [-0.25, -0.2) is 0 Å². The number of nitrogens with two attached hydrogens (primary N) is 1. The van der Waals surface area contributed by atoms with E-state index in [1.54, 1.807) is 6.07 Å². The van der Waals surface area contributed by atoms with Crippen LogP contribution in [0.3, 0.4) is 0 Å². The second-order valence-electron chi connectivity index (χ2n) is 8.06. The summed E-state index contributed by atoms with van der Waals surface area (Å²) in [7, 11) is 0. The molecule has 1 aliphatic heterocycles. The lowest BCUT2D eigenvalue weighted by Crippen LogP contribution is -2.47. The van der Waals surface area contributed by atoms with E-state index in [1.165, 1.54) is 5.56 Å². The highest BCUT2D eigenvalue weighted by atomic mass is 16.2. The fourth-order valence-corrected chi connectivity index (χ4v) is 4.33. The number of H-pyrrole nitrogens is 1. The first-order valence-electron chi connectivity index (χ1n) is 10.5. The zero-order chi connectivity index (χ0) is 21.1. The molecule has 2 amide bonds. The first-order valence-corrected chi connectivity index (χ1v) is 10.5. The molecule has 4 rings (SSSR count). The summed E-state index contributed by atoms with van der Waals surface area (Å²) in [6.45, 7) is 4.27. The van der Waals surface area contributed by atoms with E-state index in [1.807, 2.05) is 55.6 Å². The molecule has 156 valence electrons. The highest BCUT2D eigenvalue weighted by Crippen LogP contribution is 2.34. The van der Waals surface area contributed by atoms with E-state index in [4.69, 9.17) is 5.73 Å². The molecule has 4 N–H and O–H groups in total. The predicted molar refractivity (Wildman–Crippen MR) is 118 cm³/mol. The number of aromatic amines is 1. The number of hydrogen-bond acceptors (Lipinski definition) is 3. The van der Waals surface area contributed by atoms with Crippen LogP contribution < -0.4 is 11.1 Å². The van der Waals surface area contributed by atoms with Crippen LogP contribution in [0.25, 0.3) is 10.9 Å². The number of hydrogen-bond donors (Lipinski definition) is 3. The third-order valence-electron chi connectivity index (χ3n) is 6.20. The van der Waals surface area contributed by atoms with Crippen LogP contribution in [0.4, 0.5) is 0 Å². The molecule has 1 unspecified atom stereocenters. The van der Waals surface area contributed by atoms with Gasteiger partial charge in [0.25, 0.3) is 0 Å². The Morgan fingerprint density at radius 2 is 1.90 bits per heavy atom. The minimum absolute atomic E-state index is 0.0653. The largest absolute Gasteiger partial charge is 0.366 e. The number of carbonyl (C=O) groups excluding carboxylic acids is 2. The number of aromatic nitrogens is 1. The minimum Gasteiger partial charge on any atom is -0.366 e. The van der Waals surface area contributed by atoms with E-state index < -0.39 is 5.91 Å². The average molecular weight is 405 g/mol. The predicted octanol–water partition coefficient (Wildman–Crippen LogP) is 3.15. The van der Waals surface area contributed by atoms with Crippen LogP contribution in [0.5, 0.6) is 0 Å². The van der Waals surface area contributed by atoms with Crippen LogP contribution in [0, 0.1) is 0 Å². The molecule has 1 aliphatic rings. The van der Waals surface area contributed by atoms with Crippen LogP contribution >= 0.6 is 0 Å². The molecule has 3 aromatic rings. The number of rotatable bonds is 6. The summed E-state index contributed by atoms with van der Waals surface area (Å²) in [6.07, 6.45) is 4.00. The highest BCUT2D eigenvalue weighted by molar-refractivity contribution is 5.98. The third-order valence-corrected chi connectivity index (χ3v) is 6.20. The van der Waals surface area contributed by atoms with Gasteiger partial charge in [-0.1, -0.05) is 30.3 Å².